The van der Waals surface area contributed by atoms with Crippen molar-refractivity contribution < 1.29 is 19.0 Å². The van der Waals surface area contributed by atoms with Gasteiger partial charge in [-0.25, -0.2) is 14.1 Å². The van der Waals surface area contributed by atoms with Gasteiger partial charge in [0, 0.05) is 32.5 Å². The fraction of sp³-hybridized carbons (Fsp3) is 0.304. The second-order valence-electron chi connectivity index (χ2n) is 8.00. The fourth-order valence-electron chi connectivity index (χ4n) is 4.36. The molecule has 0 spiro atoms. The minimum Gasteiger partial charge on any atom is -0.390 e. The van der Waals surface area contributed by atoms with E-state index in [-0.39, 0.29) is 35.4 Å². The number of hydrogen-bond acceptors (Lipinski definition) is 7. The van der Waals surface area contributed by atoms with Gasteiger partial charge < -0.3 is 20.1 Å². The summed E-state index contributed by atoms with van der Waals surface area (Å²) in [6.45, 7) is 1.30. The van der Waals surface area contributed by atoms with Gasteiger partial charge in [0.1, 0.15) is 11.9 Å². The predicted octanol–water partition coefficient (Wildman–Crippen LogP) is 1.77. The Bertz CT molecular complexity index is 1280. The first-order valence-corrected chi connectivity index (χ1v) is 10.5. The average molecular weight is 448 g/mol. The summed E-state index contributed by atoms with van der Waals surface area (Å²) >= 11 is 0. The van der Waals surface area contributed by atoms with E-state index in [4.69, 9.17) is 4.74 Å². The number of piperidine rings is 1. The van der Waals surface area contributed by atoms with E-state index < -0.39 is 11.9 Å². The van der Waals surface area contributed by atoms with E-state index in [0.717, 1.165) is 0 Å². The Morgan fingerprint density at radius 1 is 1.33 bits per heavy atom. The smallest absolute Gasteiger partial charge is 0.255 e. The summed E-state index contributed by atoms with van der Waals surface area (Å²) in [5.74, 6) is -0.188. The molecule has 2 aliphatic rings. The highest BCUT2D eigenvalue weighted by Gasteiger charge is 2.30. The molecule has 1 saturated heterocycles. The molecular formula is C23H21FN6O3. The number of anilines is 1. The van der Waals surface area contributed by atoms with Crippen LogP contribution in [0.3, 0.4) is 0 Å². The Balaban J connectivity index is 1.59. The molecule has 1 aromatic carbocycles. The monoisotopic (exact) mass is 448 g/mol. The molecule has 3 aromatic rings. The fourth-order valence-corrected chi connectivity index (χ4v) is 4.36. The molecule has 5 rings (SSSR count). The van der Waals surface area contributed by atoms with Crippen LogP contribution in [0.5, 0.6) is 0 Å². The minimum absolute atomic E-state index is 0.0868. The summed E-state index contributed by atoms with van der Waals surface area (Å²) in [4.78, 5) is 19.0. The lowest BCUT2D eigenvalue weighted by Crippen LogP contribution is -2.47. The summed E-state index contributed by atoms with van der Waals surface area (Å²) in [5, 5.41) is 26.9. The number of aliphatic hydroxyl groups is 1. The lowest BCUT2D eigenvalue weighted by atomic mass is 10.0. The van der Waals surface area contributed by atoms with E-state index in [1.54, 1.807) is 24.1 Å². The summed E-state index contributed by atoms with van der Waals surface area (Å²) in [6, 6.07) is 9.67. The highest BCUT2D eigenvalue weighted by atomic mass is 19.1. The number of hydrogen-bond donors (Lipinski definition) is 2. The van der Waals surface area contributed by atoms with E-state index in [2.05, 4.69) is 15.4 Å². The molecule has 1 fully saturated rings. The average Bonchev–Trinajstić information content (AvgIpc) is 3.46. The number of fused-ring (bicyclic) bond motifs is 1. The topological polar surface area (TPSA) is 116 Å². The van der Waals surface area contributed by atoms with Crippen LogP contribution < -0.4 is 10.2 Å². The molecule has 2 atom stereocenters. The molecule has 168 valence electrons. The number of nitriles is 1. The molecular weight excluding hydrogens is 427 g/mol. The molecule has 0 aliphatic carbocycles. The number of aromatic nitrogens is 3. The van der Waals surface area contributed by atoms with Gasteiger partial charge in [-0.1, -0.05) is 6.07 Å². The third kappa shape index (κ3) is 3.61. The van der Waals surface area contributed by atoms with Crippen LogP contribution in [0.2, 0.25) is 0 Å². The van der Waals surface area contributed by atoms with Gasteiger partial charge in [-0.3, -0.25) is 4.79 Å². The Morgan fingerprint density at radius 2 is 2.18 bits per heavy atom. The summed E-state index contributed by atoms with van der Waals surface area (Å²) < 4.78 is 21.6. The largest absolute Gasteiger partial charge is 0.390 e. The molecule has 1 unspecified atom stereocenters. The number of nitrogens with zero attached hydrogens (tertiary/aromatic N) is 5. The second-order valence-corrected chi connectivity index (χ2v) is 8.00. The van der Waals surface area contributed by atoms with E-state index in [9.17, 15) is 19.6 Å². The Hall–Kier alpha value is -3.81. The number of halogens is 1. The molecule has 1 amide bonds. The molecule has 2 aliphatic heterocycles. The molecule has 10 heteroatoms. The van der Waals surface area contributed by atoms with Crippen LogP contribution >= 0.6 is 0 Å². The molecule has 0 saturated carbocycles. The first-order valence-electron chi connectivity index (χ1n) is 10.5. The van der Waals surface area contributed by atoms with Crippen molar-refractivity contribution in [3.8, 4) is 23.0 Å². The van der Waals surface area contributed by atoms with Gasteiger partial charge in [0.15, 0.2) is 5.82 Å². The van der Waals surface area contributed by atoms with Crippen LogP contribution in [-0.2, 0) is 11.3 Å². The number of benzene rings is 1. The van der Waals surface area contributed by atoms with Crippen LogP contribution in [0.25, 0.3) is 16.9 Å². The number of rotatable bonds is 4. The third-order valence-corrected chi connectivity index (χ3v) is 6.08. The van der Waals surface area contributed by atoms with Gasteiger partial charge in [0.2, 0.25) is 0 Å². The van der Waals surface area contributed by atoms with Crippen molar-refractivity contribution in [2.45, 2.75) is 25.2 Å². The molecule has 0 bridgehead atoms. The van der Waals surface area contributed by atoms with Crippen LogP contribution in [0.1, 0.15) is 28.0 Å². The Labute approximate surface area is 189 Å². The van der Waals surface area contributed by atoms with E-state index >= 15 is 0 Å². The number of nitrogens with one attached hydrogen (secondary N) is 1. The first-order chi connectivity index (χ1) is 16.0. The lowest BCUT2D eigenvalue weighted by Gasteiger charge is -2.35. The van der Waals surface area contributed by atoms with Gasteiger partial charge in [-0.2, -0.15) is 10.4 Å². The molecule has 9 nitrogen and oxygen atoms in total. The van der Waals surface area contributed by atoms with Crippen molar-refractivity contribution in [3.05, 3.63) is 59.2 Å². The SMILES string of the molecule is COC1CN(c2ccn(-c3cc(-c4c(F)cccc4C#N)nc4c3C(=O)NC4)n2)CC[C@@H]1O. The van der Waals surface area contributed by atoms with Gasteiger partial charge >= 0.3 is 0 Å². The molecule has 2 N–H and O–H groups in total. The lowest BCUT2D eigenvalue weighted by molar-refractivity contribution is -0.0207. The summed E-state index contributed by atoms with van der Waals surface area (Å²) in [6.07, 6.45) is 1.42. The minimum atomic E-state index is -0.566. The zero-order chi connectivity index (χ0) is 23.1. The number of methoxy groups -OCH3 is 1. The molecule has 4 heterocycles. The van der Waals surface area contributed by atoms with Gasteiger partial charge in [0.25, 0.3) is 5.91 Å². The normalized spacial score (nSPS) is 19.8. The highest BCUT2D eigenvalue weighted by molar-refractivity contribution is 6.01. The van der Waals surface area contributed by atoms with E-state index in [1.165, 1.54) is 18.2 Å². The maximum Gasteiger partial charge on any atom is 0.255 e. The van der Waals surface area contributed by atoms with Crippen LogP contribution in [0.15, 0.2) is 36.5 Å². The third-order valence-electron chi connectivity index (χ3n) is 6.08. The van der Waals surface area contributed by atoms with Crippen molar-refractivity contribution >= 4 is 11.7 Å². The van der Waals surface area contributed by atoms with Gasteiger partial charge in [-0.15, -0.1) is 0 Å². The van der Waals surface area contributed by atoms with Crippen molar-refractivity contribution in [1.29, 1.82) is 5.26 Å². The number of carbonyl (C=O) groups is 1. The van der Waals surface area contributed by atoms with E-state index in [0.29, 0.717) is 42.3 Å². The summed E-state index contributed by atoms with van der Waals surface area (Å²) in [5.41, 5.74) is 1.79. The van der Waals surface area contributed by atoms with Crippen molar-refractivity contribution in [3.63, 3.8) is 0 Å². The number of ether oxygens (including phenoxy) is 1. The molecule has 33 heavy (non-hydrogen) atoms. The maximum atomic E-state index is 14.7. The number of amides is 1. The van der Waals surface area contributed by atoms with Crippen molar-refractivity contribution in [1.82, 2.24) is 20.1 Å². The Kier molecular flexibility index (Phi) is 5.28. The van der Waals surface area contributed by atoms with Gasteiger partial charge in [-0.05, 0) is 24.6 Å². The standard InChI is InChI=1S/C23H21FN6O3/c1-33-19-12-29(7-5-18(19)31)20-6-8-30(28-20)17-9-15(27-16-11-26-23(32)22(16)17)21-13(10-25)3-2-4-14(21)24/h2-4,6,8-9,18-19,31H,5,7,11-12H2,1H3,(H,26,32)/t18-,19?/m0/s1. The van der Waals surface area contributed by atoms with E-state index in [1.807, 2.05) is 17.0 Å². The zero-order valence-electron chi connectivity index (χ0n) is 17.8. The second kappa shape index (κ2) is 8.27. The molecule has 2 aromatic heterocycles. The zero-order valence-corrected chi connectivity index (χ0v) is 17.8. The highest BCUT2D eigenvalue weighted by Crippen LogP contribution is 2.32. The van der Waals surface area contributed by atoms with Crippen molar-refractivity contribution in [2.75, 3.05) is 25.1 Å². The number of carbonyl (C=O) groups excluding carboxylic acids is 1. The van der Waals surface area contributed by atoms with Crippen molar-refractivity contribution in [2.24, 2.45) is 0 Å². The quantitative estimate of drug-likeness (QED) is 0.625. The maximum absolute atomic E-state index is 14.7. The van der Waals surface area contributed by atoms with Gasteiger partial charge in [0.05, 0.1) is 52.5 Å². The van der Waals surface area contributed by atoms with Crippen LogP contribution in [0, 0.1) is 17.1 Å². The van der Waals surface area contributed by atoms with Crippen LogP contribution in [0.4, 0.5) is 10.2 Å². The first kappa shape index (κ1) is 21.1. The summed E-state index contributed by atoms with van der Waals surface area (Å²) in [7, 11) is 1.56. The Morgan fingerprint density at radius 3 is 2.97 bits per heavy atom. The number of aliphatic hydroxyl groups excluding tert-OH is 1. The number of pyridine rings is 1. The molecule has 0 radical (unpaired) electrons. The van der Waals surface area contributed by atoms with Crippen LogP contribution in [-0.4, -0.2) is 58.2 Å². The predicted molar refractivity (Wildman–Crippen MR) is 116 cm³/mol.